The Morgan fingerprint density at radius 3 is 2.50 bits per heavy atom. The van der Waals surface area contributed by atoms with Gasteiger partial charge in [0.1, 0.15) is 0 Å². The van der Waals surface area contributed by atoms with Gasteiger partial charge in [0.05, 0.1) is 5.60 Å². The zero-order valence-electron chi connectivity index (χ0n) is 8.47. The summed E-state index contributed by atoms with van der Waals surface area (Å²) in [5, 5.41) is 0. The van der Waals surface area contributed by atoms with Crippen LogP contribution in [0.1, 0.15) is 19.8 Å². The molecule has 1 fully saturated rings. The Kier molecular flexibility index (Phi) is 3.97. The zero-order valence-corrected chi connectivity index (χ0v) is 10.1. The van der Waals surface area contributed by atoms with E-state index in [1.807, 2.05) is 0 Å². The van der Waals surface area contributed by atoms with Gasteiger partial charge in [0.2, 0.25) is 0 Å². The molecule has 78 valence electrons. The summed E-state index contributed by atoms with van der Waals surface area (Å²) in [5.74, 6) is 2.36. The van der Waals surface area contributed by atoms with E-state index in [1.54, 1.807) is 12.0 Å². The van der Waals surface area contributed by atoms with Crippen LogP contribution >= 0.6 is 15.9 Å². The molecule has 0 bridgehead atoms. The van der Waals surface area contributed by atoms with E-state index in [2.05, 4.69) is 33.6 Å². The highest BCUT2D eigenvalue weighted by Gasteiger charge is 2.30. The van der Waals surface area contributed by atoms with E-state index >= 15 is 0 Å². The maximum Gasteiger partial charge on any atom is 0.299 e. The second-order valence-electron chi connectivity index (χ2n) is 3.67. The predicted molar refractivity (Wildman–Crippen MR) is 57.9 cm³/mol. The molecule has 0 atom stereocenters. The maximum atomic E-state index is 11.4. The molecule has 0 aromatic heterocycles. The van der Waals surface area contributed by atoms with Crippen LogP contribution in [0.3, 0.4) is 0 Å². The number of amides is 1. The van der Waals surface area contributed by atoms with Crippen molar-refractivity contribution in [3.63, 3.8) is 0 Å². The molecule has 1 rings (SSSR count). The third-order valence-corrected chi connectivity index (χ3v) is 2.95. The van der Waals surface area contributed by atoms with Gasteiger partial charge in [0.25, 0.3) is 5.91 Å². The topological polar surface area (TPSA) is 29.5 Å². The number of hydrogen-bond donors (Lipinski definition) is 0. The van der Waals surface area contributed by atoms with E-state index in [4.69, 9.17) is 4.74 Å². The molecule has 4 heteroatoms. The second-order valence-corrected chi connectivity index (χ2v) is 4.06. The maximum absolute atomic E-state index is 11.4. The van der Waals surface area contributed by atoms with Crippen LogP contribution in [0.25, 0.3) is 0 Å². The van der Waals surface area contributed by atoms with Crippen LogP contribution in [0, 0.1) is 10.8 Å². The van der Waals surface area contributed by atoms with Crippen molar-refractivity contribution in [2.45, 2.75) is 25.4 Å². The lowest BCUT2D eigenvalue weighted by Gasteiger charge is -2.37. The number of carbonyl (C=O) groups excluding carboxylic acids is 1. The summed E-state index contributed by atoms with van der Waals surface area (Å²) in [5.41, 5.74) is -0.0708. The molecule has 1 saturated heterocycles. The molecule has 0 radical (unpaired) electrons. The molecular weight excluding hydrogens is 246 g/mol. The Labute approximate surface area is 92.9 Å². The number of carbonyl (C=O) groups is 1. The highest BCUT2D eigenvalue weighted by Crippen LogP contribution is 2.24. The minimum atomic E-state index is -0.111. The van der Waals surface area contributed by atoms with Crippen molar-refractivity contribution < 1.29 is 9.53 Å². The number of likely N-dealkylation sites (tertiary alicyclic amines) is 1. The summed E-state index contributed by atoms with van der Waals surface area (Å²) in [4.78, 5) is 15.6. The van der Waals surface area contributed by atoms with Gasteiger partial charge in [-0.1, -0.05) is 0 Å². The normalized spacial score (nSPS) is 19.8. The van der Waals surface area contributed by atoms with E-state index in [1.165, 1.54) is 0 Å². The van der Waals surface area contributed by atoms with Crippen LogP contribution in [0.4, 0.5) is 0 Å². The van der Waals surface area contributed by atoms with Crippen molar-refractivity contribution >= 4 is 21.8 Å². The first-order chi connectivity index (χ1) is 6.61. The molecule has 1 aliphatic heterocycles. The second kappa shape index (κ2) is 4.81. The largest absolute Gasteiger partial charge is 0.378 e. The van der Waals surface area contributed by atoms with E-state index in [0.717, 1.165) is 25.9 Å². The van der Waals surface area contributed by atoms with E-state index in [0.29, 0.717) is 0 Å². The summed E-state index contributed by atoms with van der Waals surface area (Å²) in [6.07, 6.45) is 1.75. The van der Waals surface area contributed by atoms with E-state index < -0.39 is 0 Å². The summed E-state index contributed by atoms with van der Waals surface area (Å²) in [7, 11) is 1.72. The predicted octanol–water partition coefficient (Wildman–Crippen LogP) is 1.37. The number of nitrogens with zero attached hydrogens (tertiary/aromatic N) is 1. The van der Waals surface area contributed by atoms with Crippen molar-refractivity contribution in [3.8, 4) is 10.8 Å². The molecule has 1 amide bonds. The average Bonchev–Trinajstić information content (AvgIpc) is 2.19. The molecule has 0 unspecified atom stereocenters. The SMILES string of the molecule is COC1(C)CCN(C(=O)C#CBr)CC1. The molecule has 1 aliphatic rings. The van der Waals surface area contributed by atoms with Gasteiger partial charge >= 0.3 is 0 Å². The van der Waals surface area contributed by atoms with Crippen molar-refractivity contribution in [1.29, 1.82) is 0 Å². The Morgan fingerprint density at radius 1 is 1.50 bits per heavy atom. The van der Waals surface area contributed by atoms with Crippen molar-refractivity contribution in [2.24, 2.45) is 0 Å². The third-order valence-electron chi connectivity index (χ3n) is 2.76. The molecular formula is C10H14BrNO2. The fourth-order valence-corrected chi connectivity index (χ4v) is 1.68. The van der Waals surface area contributed by atoms with E-state index in [-0.39, 0.29) is 11.5 Å². The van der Waals surface area contributed by atoms with Crippen LogP contribution in [0.15, 0.2) is 0 Å². The molecule has 3 nitrogen and oxygen atoms in total. The van der Waals surface area contributed by atoms with Gasteiger partial charge in [-0.2, -0.15) is 0 Å². The molecule has 0 aliphatic carbocycles. The standard InChI is InChI=1S/C10H14BrNO2/c1-10(14-2)4-7-12(8-5-10)9(13)3-6-11/h4-5,7-8H2,1-2H3. The summed E-state index contributed by atoms with van der Waals surface area (Å²) in [6, 6.07) is 0. The molecule has 0 spiro atoms. The average molecular weight is 260 g/mol. The lowest BCUT2D eigenvalue weighted by molar-refractivity contribution is -0.129. The van der Waals surface area contributed by atoms with Gasteiger partial charge in [0, 0.05) is 42.0 Å². The molecule has 0 saturated carbocycles. The first kappa shape index (κ1) is 11.5. The number of halogens is 1. The quantitative estimate of drug-likeness (QED) is 0.666. The lowest BCUT2D eigenvalue weighted by Crippen LogP contribution is -2.45. The number of methoxy groups -OCH3 is 1. The molecule has 1 heterocycles. The molecule has 0 aromatic rings. The summed E-state index contributed by atoms with van der Waals surface area (Å²) < 4.78 is 5.38. The van der Waals surface area contributed by atoms with Crippen LogP contribution < -0.4 is 0 Å². The van der Waals surface area contributed by atoms with E-state index in [9.17, 15) is 4.79 Å². The number of ether oxygens (including phenoxy) is 1. The highest BCUT2D eigenvalue weighted by atomic mass is 79.9. The van der Waals surface area contributed by atoms with Gasteiger partial charge in [0.15, 0.2) is 0 Å². The van der Waals surface area contributed by atoms with Crippen LogP contribution in [-0.2, 0) is 9.53 Å². The van der Waals surface area contributed by atoms with Gasteiger partial charge in [-0.3, -0.25) is 4.79 Å². The van der Waals surface area contributed by atoms with Crippen molar-refractivity contribution in [1.82, 2.24) is 4.90 Å². The summed E-state index contributed by atoms with van der Waals surface area (Å²) in [6.45, 7) is 3.53. The fourth-order valence-electron chi connectivity index (χ4n) is 1.51. The Hall–Kier alpha value is -0.530. The Morgan fingerprint density at radius 2 is 2.07 bits per heavy atom. The number of hydrogen-bond acceptors (Lipinski definition) is 2. The molecule has 0 aromatic carbocycles. The third kappa shape index (κ3) is 2.73. The van der Waals surface area contributed by atoms with Crippen LogP contribution in [0.5, 0.6) is 0 Å². The highest BCUT2D eigenvalue weighted by molar-refractivity contribution is 9.12. The monoisotopic (exact) mass is 259 g/mol. The first-order valence-corrected chi connectivity index (χ1v) is 5.36. The first-order valence-electron chi connectivity index (χ1n) is 4.57. The van der Waals surface area contributed by atoms with Crippen LogP contribution in [-0.4, -0.2) is 36.6 Å². The summed E-state index contributed by atoms with van der Waals surface area (Å²) >= 11 is 2.92. The number of rotatable bonds is 1. The zero-order chi connectivity index (χ0) is 10.6. The van der Waals surface area contributed by atoms with Crippen LogP contribution in [0.2, 0.25) is 0 Å². The smallest absolute Gasteiger partial charge is 0.299 e. The Bertz CT molecular complexity index is 272. The van der Waals surface area contributed by atoms with Gasteiger partial charge < -0.3 is 9.64 Å². The number of piperidine rings is 1. The lowest BCUT2D eigenvalue weighted by atomic mass is 9.93. The minimum absolute atomic E-state index is 0.0708. The van der Waals surface area contributed by atoms with Crippen molar-refractivity contribution in [2.75, 3.05) is 20.2 Å². The fraction of sp³-hybridized carbons (Fsp3) is 0.700. The van der Waals surface area contributed by atoms with Gasteiger partial charge in [-0.25, -0.2) is 0 Å². The van der Waals surface area contributed by atoms with Gasteiger partial charge in [-0.15, -0.1) is 0 Å². The molecule has 0 N–H and O–H groups in total. The molecule has 14 heavy (non-hydrogen) atoms. The minimum Gasteiger partial charge on any atom is -0.378 e. The Balaban J connectivity index is 2.49. The van der Waals surface area contributed by atoms with Gasteiger partial charge in [-0.05, 0) is 24.6 Å². The van der Waals surface area contributed by atoms with Crippen molar-refractivity contribution in [3.05, 3.63) is 0 Å².